The van der Waals surface area contributed by atoms with E-state index in [0.717, 1.165) is 42.7 Å². The van der Waals surface area contributed by atoms with Crippen LogP contribution in [-0.4, -0.2) is 46.5 Å². The third kappa shape index (κ3) is 10.8. The average Bonchev–Trinajstić information content (AvgIpc) is 3.27. The molecule has 0 atom stereocenters. The number of pyridine rings is 1. The van der Waals surface area contributed by atoms with Crippen molar-refractivity contribution in [1.82, 2.24) is 14.5 Å². The van der Waals surface area contributed by atoms with Crippen molar-refractivity contribution in [1.29, 1.82) is 5.41 Å². The number of fused-ring (bicyclic) bond motifs is 1. The minimum atomic E-state index is 0.179. The fourth-order valence-corrected chi connectivity index (χ4v) is 3.82. The second-order valence-corrected chi connectivity index (χ2v) is 8.75. The molecule has 3 rings (SSSR count). The van der Waals surface area contributed by atoms with Crippen molar-refractivity contribution in [2.24, 2.45) is 7.05 Å². The third-order valence-corrected chi connectivity index (χ3v) is 5.88. The molecule has 7 heteroatoms. The summed E-state index contributed by atoms with van der Waals surface area (Å²) in [5.74, 6) is 0. The summed E-state index contributed by atoms with van der Waals surface area (Å²) in [4.78, 5) is 16.1. The lowest BCUT2D eigenvalue weighted by Gasteiger charge is -2.27. The molecule has 196 valence electrons. The molecule has 6 nitrogen and oxygen atoms in total. The van der Waals surface area contributed by atoms with Gasteiger partial charge in [-0.1, -0.05) is 73.1 Å². The number of carbonyl (C=O) groups excluding carboxylic acids is 1. The first kappa shape index (κ1) is 31.1. The molecule has 0 saturated carbocycles. The number of nitrogens with zero attached hydrogens (tertiary/aromatic N) is 3. The molecule has 2 aromatic heterocycles. The van der Waals surface area contributed by atoms with E-state index >= 15 is 0 Å². The van der Waals surface area contributed by atoms with E-state index in [2.05, 4.69) is 37.0 Å². The molecule has 0 radical (unpaired) electrons. The van der Waals surface area contributed by atoms with Crippen LogP contribution in [-0.2, 0) is 23.0 Å². The van der Waals surface area contributed by atoms with E-state index in [1.807, 2.05) is 62.0 Å². The summed E-state index contributed by atoms with van der Waals surface area (Å²) >= 11 is 6.12. The molecule has 0 unspecified atom stereocenters. The first-order valence-corrected chi connectivity index (χ1v) is 12.8. The fourth-order valence-electron chi connectivity index (χ4n) is 3.57. The van der Waals surface area contributed by atoms with Crippen LogP contribution in [0.1, 0.15) is 52.5 Å². The Hall–Kier alpha value is -2.96. The van der Waals surface area contributed by atoms with Crippen molar-refractivity contribution in [2.75, 3.05) is 13.2 Å². The molecular formula is C29H41ClN4O2. The number of hydrogen-bond donors (Lipinski definition) is 1. The largest absolute Gasteiger partial charge is 0.381 e. The van der Waals surface area contributed by atoms with Crippen molar-refractivity contribution < 1.29 is 9.53 Å². The molecule has 0 aromatic carbocycles. The Balaban J connectivity index is 0.000000274. The van der Waals surface area contributed by atoms with Crippen molar-refractivity contribution in [3.8, 4) is 0 Å². The van der Waals surface area contributed by atoms with Gasteiger partial charge in [0.05, 0.1) is 11.4 Å². The molecule has 1 fully saturated rings. The quantitative estimate of drug-likeness (QED) is 0.178. The van der Waals surface area contributed by atoms with Gasteiger partial charge >= 0.3 is 0 Å². The summed E-state index contributed by atoms with van der Waals surface area (Å²) in [6.07, 6.45) is 23.6. The highest BCUT2D eigenvalue weighted by Crippen LogP contribution is 2.25. The molecule has 1 aliphatic heterocycles. The molecule has 0 bridgehead atoms. The van der Waals surface area contributed by atoms with Crippen molar-refractivity contribution in [3.05, 3.63) is 77.2 Å². The Labute approximate surface area is 221 Å². The second-order valence-electron chi connectivity index (χ2n) is 8.35. The van der Waals surface area contributed by atoms with Gasteiger partial charge < -0.3 is 14.2 Å². The van der Waals surface area contributed by atoms with Crippen LogP contribution in [0.5, 0.6) is 0 Å². The van der Waals surface area contributed by atoms with Gasteiger partial charge in [-0.3, -0.25) is 10.2 Å². The van der Waals surface area contributed by atoms with Crippen LogP contribution in [0.4, 0.5) is 0 Å². The maximum Gasteiger partial charge on any atom is 0.215 e. The Morgan fingerprint density at radius 2 is 1.94 bits per heavy atom. The zero-order valence-electron chi connectivity index (χ0n) is 22.3. The van der Waals surface area contributed by atoms with E-state index < -0.39 is 0 Å². The molecule has 3 heterocycles. The standard InChI is InChI=1S/C11H13ClN2.C11H16.C7H12N2O2/c1-3-4-8-9-5-6-14(2)11(9)13-7-10(8)12;1-4-6-8-10-11(3)9-7-5-2;8-5-9(6-10)7-1-3-11-4-2-7/h5-7H,3-4H2,1-2H3;4-10H,1-3H3;5-8H,1-4H2/b;6-4+,7-5+,10-8-,11-9-;. The number of aryl methyl sites for hydroxylation is 2. The Morgan fingerprint density at radius 1 is 1.25 bits per heavy atom. The molecule has 2 aromatic rings. The molecule has 1 aliphatic rings. The number of carbonyl (C=O) groups is 1. The SMILES string of the molecule is C/C=C/C=C\C(C)=C/C=C/C.CCCc1c(Cl)cnc2c1ccn2C.N=CN(C=O)C1CCOCC1. The molecule has 0 aliphatic carbocycles. The van der Waals surface area contributed by atoms with Gasteiger partial charge in [0.2, 0.25) is 6.41 Å². The Kier molecular flexibility index (Phi) is 15.8. The van der Waals surface area contributed by atoms with Gasteiger partial charge in [0, 0.05) is 44.1 Å². The number of nitrogens with one attached hydrogen (secondary N) is 1. The smallest absolute Gasteiger partial charge is 0.215 e. The maximum absolute atomic E-state index is 10.4. The van der Waals surface area contributed by atoms with Crippen LogP contribution in [0, 0.1) is 5.41 Å². The molecule has 1 N–H and O–H groups in total. The number of halogens is 1. The van der Waals surface area contributed by atoms with E-state index in [1.165, 1.54) is 21.4 Å². The maximum atomic E-state index is 10.4. The summed E-state index contributed by atoms with van der Waals surface area (Å²) in [5, 5.41) is 8.89. The highest BCUT2D eigenvalue weighted by Gasteiger charge is 2.18. The number of aromatic nitrogens is 2. The summed E-state index contributed by atoms with van der Waals surface area (Å²) in [5.41, 5.74) is 3.50. The van der Waals surface area contributed by atoms with Gasteiger partial charge in [0.25, 0.3) is 0 Å². The minimum Gasteiger partial charge on any atom is -0.381 e. The zero-order valence-corrected chi connectivity index (χ0v) is 23.0. The minimum absolute atomic E-state index is 0.179. The van der Waals surface area contributed by atoms with E-state index in [0.29, 0.717) is 19.6 Å². The predicted molar refractivity (Wildman–Crippen MR) is 153 cm³/mol. The average molecular weight is 513 g/mol. The number of amides is 1. The van der Waals surface area contributed by atoms with Crippen LogP contribution in [0.15, 0.2) is 66.6 Å². The van der Waals surface area contributed by atoms with Crippen molar-refractivity contribution in [3.63, 3.8) is 0 Å². The zero-order chi connectivity index (χ0) is 26.8. The second kappa shape index (κ2) is 18.3. The van der Waals surface area contributed by atoms with Crippen LogP contribution in [0.3, 0.4) is 0 Å². The van der Waals surface area contributed by atoms with Gasteiger partial charge in [-0.2, -0.15) is 0 Å². The molecule has 36 heavy (non-hydrogen) atoms. The topological polar surface area (TPSA) is 71.2 Å². The van der Waals surface area contributed by atoms with Crippen molar-refractivity contribution >= 4 is 35.4 Å². The number of hydrogen-bond acceptors (Lipinski definition) is 4. The lowest BCUT2D eigenvalue weighted by Crippen LogP contribution is -2.37. The normalized spacial score (nSPS) is 14.6. The first-order valence-electron chi connectivity index (χ1n) is 12.4. The van der Waals surface area contributed by atoms with E-state index in [4.69, 9.17) is 21.7 Å². The van der Waals surface area contributed by atoms with Crippen molar-refractivity contribution in [2.45, 2.75) is 59.4 Å². The number of rotatable bonds is 8. The predicted octanol–water partition coefficient (Wildman–Crippen LogP) is 7.05. The number of allylic oxidation sites excluding steroid dienone is 8. The molecule has 0 spiro atoms. The van der Waals surface area contributed by atoms with Gasteiger partial charge in [-0.05, 0) is 51.7 Å². The molecular weight excluding hydrogens is 472 g/mol. The highest BCUT2D eigenvalue weighted by molar-refractivity contribution is 6.32. The Morgan fingerprint density at radius 3 is 2.53 bits per heavy atom. The molecule has 1 saturated heterocycles. The van der Waals surface area contributed by atoms with Gasteiger partial charge in [-0.15, -0.1) is 0 Å². The molecule has 1 amide bonds. The third-order valence-electron chi connectivity index (χ3n) is 5.55. The fraction of sp³-hybridized carbons (Fsp3) is 0.414. The summed E-state index contributed by atoms with van der Waals surface area (Å²) in [6.45, 7) is 9.66. The van der Waals surface area contributed by atoms with Crippen LogP contribution in [0.2, 0.25) is 5.02 Å². The van der Waals surface area contributed by atoms with Gasteiger partial charge in [-0.25, -0.2) is 4.98 Å². The lowest BCUT2D eigenvalue weighted by molar-refractivity contribution is -0.117. The van der Waals surface area contributed by atoms with Gasteiger partial charge in [0.15, 0.2) is 0 Å². The Bertz CT molecular complexity index is 1040. The number of ether oxygens (including phenoxy) is 1. The van der Waals surface area contributed by atoms with Crippen LogP contribution < -0.4 is 0 Å². The first-order chi connectivity index (χ1) is 17.4. The summed E-state index contributed by atoms with van der Waals surface area (Å²) in [7, 11) is 2.00. The van der Waals surface area contributed by atoms with Crippen LogP contribution in [0.25, 0.3) is 11.0 Å². The summed E-state index contributed by atoms with van der Waals surface area (Å²) in [6, 6.07) is 2.26. The lowest BCUT2D eigenvalue weighted by atomic mass is 10.1. The summed E-state index contributed by atoms with van der Waals surface area (Å²) < 4.78 is 7.14. The monoisotopic (exact) mass is 512 g/mol. The van der Waals surface area contributed by atoms with E-state index in [9.17, 15) is 4.79 Å². The van der Waals surface area contributed by atoms with E-state index in [-0.39, 0.29) is 6.04 Å². The van der Waals surface area contributed by atoms with Gasteiger partial charge in [0.1, 0.15) is 5.65 Å². The highest BCUT2D eigenvalue weighted by atomic mass is 35.5. The van der Waals surface area contributed by atoms with E-state index in [1.54, 1.807) is 6.20 Å². The van der Waals surface area contributed by atoms with Crippen LogP contribution >= 0.6 is 11.6 Å².